The first-order valence-electron chi connectivity index (χ1n) is 6.07. The van der Waals surface area contributed by atoms with E-state index in [4.69, 9.17) is 21.6 Å². The average molecular weight is 324 g/mol. The van der Waals surface area contributed by atoms with Crippen LogP contribution in [0, 0.1) is 17.1 Å². The summed E-state index contributed by atoms with van der Waals surface area (Å²) in [6, 6.07) is 12.8. The third kappa shape index (κ3) is 4.03. The van der Waals surface area contributed by atoms with Crippen LogP contribution in [0.5, 0.6) is 5.75 Å². The number of rotatable bonds is 5. The lowest BCUT2D eigenvalue weighted by Crippen LogP contribution is -2.09. The standard InChI is InChI=1S/C15H11ClFNO2S/c16-13-9-12(5-6-14(13)17)21(19)8-7-20-15-4-2-1-3-11(15)10-18/h1-6,9H,7-8H2. The van der Waals surface area contributed by atoms with Crippen LogP contribution < -0.4 is 4.74 Å². The lowest BCUT2D eigenvalue weighted by Gasteiger charge is -2.08. The molecule has 0 spiro atoms. The Morgan fingerprint density at radius 2 is 2.05 bits per heavy atom. The SMILES string of the molecule is N#Cc1ccccc1OCCS(=O)c1ccc(F)c(Cl)c1. The molecule has 2 aromatic carbocycles. The maximum atomic E-state index is 13.0. The minimum Gasteiger partial charge on any atom is -0.491 e. The summed E-state index contributed by atoms with van der Waals surface area (Å²) in [5.74, 6) is 0.132. The molecule has 0 saturated carbocycles. The van der Waals surface area contributed by atoms with E-state index in [0.717, 1.165) is 0 Å². The monoisotopic (exact) mass is 323 g/mol. The van der Waals surface area contributed by atoms with Gasteiger partial charge in [-0.25, -0.2) is 4.39 Å². The van der Waals surface area contributed by atoms with Gasteiger partial charge in [-0.1, -0.05) is 23.7 Å². The molecular weight excluding hydrogens is 313 g/mol. The molecule has 1 unspecified atom stereocenters. The Bertz CT molecular complexity index is 715. The molecule has 0 N–H and O–H groups in total. The van der Waals surface area contributed by atoms with Gasteiger partial charge in [0.15, 0.2) is 0 Å². The second-order valence-electron chi connectivity index (χ2n) is 4.08. The highest BCUT2D eigenvalue weighted by Crippen LogP contribution is 2.19. The zero-order valence-corrected chi connectivity index (χ0v) is 12.5. The highest BCUT2D eigenvalue weighted by atomic mass is 35.5. The number of benzene rings is 2. The first-order chi connectivity index (χ1) is 10.1. The van der Waals surface area contributed by atoms with Crippen LogP contribution in [-0.4, -0.2) is 16.6 Å². The Hall–Kier alpha value is -1.90. The van der Waals surface area contributed by atoms with Gasteiger partial charge in [0, 0.05) is 4.90 Å². The van der Waals surface area contributed by atoms with Crippen LogP contribution in [0.25, 0.3) is 0 Å². The first kappa shape index (κ1) is 15.5. The van der Waals surface area contributed by atoms with E-state index < -0.39 is 16.6 Å². The Morgan fingerprint density at radius 1 is 1.29 bits per heavy atom. The molecule has 0 fully saturated rings. The zero-order chi connectivity index (χ0) is 15.2. The normalized spacial score (nSPS) is 11.7. The summed E-state index contributed by atoms with van der Waals surface area (Å²) in [4.78, 5) is 0.443. The van der Waals surface area contributed by atoms with E-state index in [1.807, 2.05) is 6.07 Å². The third-order valence-electron chi connectivity index (χ3n) is 2.69. The lowest BCUT2D eigenvalue weighted by molar-refractivity contribution is 0.341. The number of hydrogen-bond donors (Lipinski definition) is 0. The van der Waals surface area contributed by atoms with Crippen LogP contribution >= 0.6 is 11.6 Å². The summed E-state index contributed by atoms with van der Waals surface area (Å²) in [6.07, 6.45) is 0. The summed E-state index contributed by atoms with van der Waals surface area (Å²) in [6.45, 7) is 0.181. The van der Waals surface area contributed by atoms with E-state index in [2.05, 4.69) is 0 Å². The van der Waals surface area contributed by atoms with Crippen LogP contribution in [0.15, 0.2) is 47.4 Å². The van der Waals surface area contributed by atoms with Gasteiger partial charge in [-0.3, -0.25) is 4.21 Å². The first-order valence-corrected chi connectivity index (χ1v) is 7.77. The zero-order valence-electron chi connectivity index (χ0n) is 10.9. The van der Waals surface area contributed by atoms with E-state index in [-0.39, 0.29) is 17.4 Å². The molecule has 2 aromatic rings. The molecule has 0 aromatic heterocycles. The second-order valence-corrected chi connectivity index (χ2v) is 6.06. The van der Waals surface area contributed by atoms with Crippen molar-refractivity contribution in [1.82, 2.24) is 0 Å². The van der Waals surface area contributed by atoms with Gasteiger partial charge in [-0.15, -0.1) is 0 Å². The van der Waals surface area contributed by atoms with Crippen molar-refractivity contribution in [1.29, 1.82) is 5.26 Å². The van der Waals surface area contributed by atoms with Crippen molar-refractivity contribution in [2.45, 2.75) is 4.90 Å². The summed E-state index contributed by atoms with van der Waals surface area (Å²) in [5, 5.41) is 8.86. The number of ether oxygens (including phenoxy) is 1. The highest BCUT2D eigenvalue weighted by Gasteiger charge is 2.08. The van der Waals surface area contributed by atoms with E-state index >= 15 is 0 Å². The van der Waals surface area contributed by atoms with Gasteiger partial charge >= 0.3 is 0 Å². The summed E-state index contributed by atoms with van der Waals surface area (Å²) < 4.78 is 30.5. The largest absolute Gasteiger partial charge is 0.491 e. The molecule has 0 bridgehead atoms. The Kier molecular flexibility index (Phi) is 5.32. The fourth-order valence-electron chi connectivity index (χ4n) is 1.65. The molecule has 0 heterocycles. The average Bonchev–Trinajstić information content (AvgIpc) is 2.50. The Labute approximate surface area is 129 Å². The van der Waals surface area contributed by atoms with Crippen LogP contribution in [0.3, 0.4) is 0 Å². The lowest BCUT2D eigenvalue weighted by atomic mass is 10.2. The van der Waals surface area contributed by atoms with E-state index in [9.17, 15) is 8.60 Å². The van der Waals surface area contributed by atoms with Crippen molar-refractivity contribution < 1.29 is 13.3 Å². The van der Waals surface area contributed by atoms with Gasteiger partial charge in [0.2, 0.25) is 0 Å². The number of nitriles is 1. The van der Waals surface area contributed by atoms with E-state index in [0.29, 0.717) is 16.2 Å². The van der Waals surface area contributed by atoms with Crippen LogP contribution in [0.1, 0.15) is 5.56 Å². The second kappa shape index (κ2) is 7.21. The molecule has 108 valence electrons. The Morgan fingerprint density at radius 3 is 2.76 bits per heavy atom. The molecule has 0 aliphatic heterocycles. The number of hydrogen-bond acceptors (Lipinski definition) is 3. The topological polar surface area (TPSA) is 50.1 Å². The quantitative estimate of drug-likeness (QED) is 0.845. The van der Waals surface area contributed by atoms with Crippen LogP contribution in [0.4, 0.5) is 4.39 Å². The van der Waals surface area contributed by atoms with E-state index in [1.54, 1.807) is 24.3 Å². The van der Waals surface area contributed by atoms with Gasteiger partial charge in [0.1, 0.15) is 24.2 Å². The molecule has 0 aliphatic rings. The van der Waals surface area contributed by atoms with Gasteiger partial charge < -0.3 is 4.74 Å². The maximum Gasteiger partial charge on any atom is 0.141 e. The van der Waals surface area contributed by atoms with Crippen molar-refractivity contribution in [3.8, 4) is 11.8 Å². The predicted molar refractivity (Wildman–Crippen MR) is 79.3 cm³/mol. The molecule has 0 amide bonds. The summed E-state index contributed by atoms with van der Waals surface area (Å²) in [5.41, 5.74) is 0.424. The number of para-hydroxylation sites is 1. The third-order valence-corrected chi connectivity index (χ3v) is 4.29. The fraction of sp³-hybridized carbons (Fsp3) is 0.133. The molecule has 3 nitrogen and oxygen atoms in total. The maximum absolute atomic E-state index is 13.0. The van der Waals surface area contributed by atoms with Crippen molar-refractivity contribution in [2.24, 2.45) is 0 Å². The molecule has 6 heteroatoms. The molecular formula is C15H11ClFNO2S. The van der Waals surface area contributed by atoms with Crippen molar-refractivity contribution in [3.63, 3.8) is 0 Å². The van der Waals surface area contributed by atoms with Crippen LogP contribution in [-0.2, 0) is 10.8 Å². The van der Waals surface area contributed by atoms with Crippen LogP contribution in [0.2, 0.25) is 5.02 Å². The van der Waals surface area contributed by atoms with Gasteiger partial charge in [-0.2, -0.15) is 5.26 Å². The fourth-order valence-corrected chi connectivity index (χ4v) is 2.83. The summed E-state index contributed by atoms with van der Waals surface area (Å²) in [7, 11) is -1.34. The molecule has 21 heavy (non-hydrogen) atoms. The van der Waals surface area contributed by atoms with E-state index in [1.165, 1.54) is 18.2 Å². The number of nitrogens with zero attached hydrogens (tertiary/aromatic N) is 1. The minimum atomic E-state index is -1.34. The predicted octanol–water partition coefficient (Wildman–Crippen LogP) is 3.54. The Balaban J connectivity index is 1.95. The summed E-state index contributed by atoms with van der Waals surface area (Å²) >= 11 is 5.65. The van der Waals surface area contributed by atoms with Gasteiger partial charge in [0.05, 0.1) is 27.1 Å². The van der Waals surface area contributed by atoms with Crippen molar-refractivity contribution >= 4 is 22.4 Å². The smallest absolute Gasteiger partial charge is 0.141 e. The minimum absolute atomic E-state index is 0.0587. The molecule has 0 radical (unpaired) electrons. The van der Waals surface area contributed by atoms with Crippen molar-refractivity contribution in [3.05, 3.63) is 58.9 Å². The van der Waals surface area contributed by atoms with Crippen molar-refractivity contribution in [2.75, 3.05) is 12.4 Å². The number of halogens is 2. The van der Waals surface area contributed by atoms with Gasteiger partial charge in [-0.05, 0) is 30.3 Å². The molecule has 2 rings (SSSR count). The highest BCUT2D eigenvalue weighted by molar-refractivity contribution is 7.85. The van der Waals surface area contributed by atoms with Gasteiger partial charge in [0.25, 0.3) is 0 Å². The molecule has 1 atom stereocenters. The molecule has 0 saturated heterocycles. The molecule has 0 aliphatic carbocycles.